The van der Waals surface area contributed by atoms with Crippen LogP contribution in [0.4, 0.5) is 15.9 Å². The Hall–Kier alpha value is -3.88. The molecule has 3 aromatic rings. The Labute approximate surface area is 165 Å². The van der Waals surface area contributed by atoms with E-state index in [0.29, 0.717) is 34.9 Å². The van der Waals surface area contributed by atoms with Gasteiger partial charge in [-0.25, -0.2) is 14.4 Å². The third-order valence-electron chi connectivity index (χ3n) is 4.26. The summed E-state index contributed by atoms with van der Waals surface area (Å²) >= 11 is 0. The molecule has 29 heavy (non-hydrogen) atoms. The normalized spacial score (nSPS) is 11.7. The van der Waals surface area contributed by atoms with Gasteiger partial charge in [-0.05, 0) is 36.2 Å². The predicted molar refractivity (Wildman–Crippen MR) is 105 cm³/mol. The minimum atomic E-state index is -0.917. The Kier molecular flexibility index (Phi) is 5.77. The third-order valence-corrected chi connectivity index (χ3v) is 4.26. The smallest absolute Gasteiger partial charge is 0.269 e. The van der Waals surface area contributed by atoms with Crippen molar-refractivity contribution in [1.29, 1.82) is 0 Å². The molecular formula is C20H18FN5O3. The van der Waals surface area contributed by atoms with E-state index in [1.54, 1.807) is 18.2 Å². The summed E-state index contributed by atoms with van der Waals surface area (Å²) in [6.45, 7) is 1.91. The maximum absolute atomic E-state index is 13.2. The highest BCUT2D eigenvalue weighted by molar-refractivity contribution is 5.84. The fraction of sp³-hybridized carbons (Fsp3) is 0.150. The lowest BCUT2D eigenvalue weighted by atomic mass is 10.1. The van der Waals surface area contributed by atoms with Crippen LogP contribution in [0, 0.1) is 15.9 Å². The summed E-state index contributed by atoms with van der Waals surface area (Å²) in [7, 11) is 0. The summed E-state index contributed by atoms with van der Waals surface area (Å²) in [6.07, 6.45) is 0.606. The number of carbonyl (C=O) groups excluding carboxylic acids is 1. The lowest BCUT2D eigenvalue weighted by Crippen LogP contribution is -2.28. The predicted octanol–water partition coefficient (Wildman–Crippen LogP) is 3.39. The second-order valence-electron chi connectivity index (χ2n) is 6.26. The summed E-state index contributed by atoms with van der Waals surface area (Å²) in [6, 6.07) is 12.1. The number of anilines is 1. The molecule has 148 valence electrons. The van der Waals surface area contributed by atoms with Gasteiger partial charge in [-0.15, -0.1) is 0 Å². The number of nitrogens with one attached hydrogen (secondary N) is 1. The van der Waals surface area contributed by atoms with Gasteiger partial charge in [0.25, 0.3) is 5.69 Å². The van der Waals surface area contributed by atoms with Gasteiger partial charge in [-0.3, -0.25) is 14.9 Å². The van der Waals surface area contributed by atoms with Crippen molar-refractivity contribution in [2.75, 3.05) is 5.32 Å². The first-order valence-electron chi connectivity index (χ1n) is 8.81. The molecule has 9 heteroatoms. The number of aryl methyl sites for hydroxylation is 1. The molecule has 1 aromatic heterocycles. The lowest BCUT2D eigenvalue weighted by Gasteiger charge is -2.17. The molecule has 2 aromatic carbocycles. The molecule has 0 fully saturated rings. The van der Waals surface area contributed by atoms with Gasteiger partial charge in [0.05, 0.1) is 4.92 Å². The number of aromatic nitrogens is 2. The van der Waals surface area contributed by atoms with Crippen molar-refractivity contribution < 1.29 is 14.1 Å². The number of nitro benzene ring substituents is 1. The number of carbonyl (C=O) groups is 1. The number of hydrogen-bond acceptors (Lipinski definition) is 6. The first-order chi connectivity index (χ1) is 13.9. The second kappa shape index (κ2) is 8.42. The summed E-state index contributed by atoms with van der Waals surface area (Å²) < 4.78 is 13.2. The Morgan fingerprint density at radius 1 is 1.17 bits per heavy atom. The van der Waals surface area contributed by atoms with E-state index < -0.39 is 22.7 Å². The molecule has 1 unspecified atom stereocenters. The van der Waals surface area contributed by atoms with Crippen LogP contribution in [0.3, 0.4) is 0 Å². The molecule has 0 spiro atoms. The van der Waals surface area contributed by atoms with Crippen molar-refractivity contribution in [3.63, 3.8) is 0 Å². The number of nitrogens with zero attached hydrogens (tertiary/aromatic N) is 3. The van der Waals surface area contributed by atoms with Crippen LogP contribution in [-0.4, -0.2) is 20.8 Å². The zero-order valence-corrected chi connectivity index (χ0v) is 15.5. The van der Waals surface area contributed by atoms with Crippen molar-refractivity contribution >= 4 is 17.4 Å². The monoisotopic (exact) mass is 395 g/mol. The first-order valence-corrected chi connectivity index (χ1v) is 8.81. The van der Waals surface area contributed by atoms with E-state index in [-0.39, 0.29) is 5.69 Å². The molecule has 1 heterocycles. The van der Waals surface area contributed by atoms with E-state index in [4.69, 9.17) is 5.73 Å². The highest BCUT2D eigenvalue weighted by Gasteiger charge is 2.19. The van der Waals surface area contributed by atoms with Crippen LogP contribution in [0.1, 0.15) is 24.2 Å². The molecule has 0 aliphatic carbocycles. The van der Waals surface area contributed by atoms with E-state index in [1.807, 2.05) is 6.92 Å². The van der Waals surface area contributed by atoms with Crippen LogP contribution in [0.2, 0.25) is 0 Å². The quantitative estimate of drug-likeness (QED) is 0.467. The summed E-state index contributed by atoms with van der Waals surface area (Å²) in [5.74, 6) is -0.361. The molecule has 1 atom stereocenters. The number of nitrogens with two attached hydrogens (primary N) is 1. The molecule has 1 amide bonds. The van der Waals surface area contributed by atoms with Crippen molar-refractivity contribution in [2.45, 2.75) is 19.4 Å². The zero-order valence-electron chi connectivity index (χ0n) is 15.5. The van der Waals surface area contributed by atoms with Crippen molar-refractivity contribution in [2.24, 2.45) is 5.73 Å². The number of nitro groups is 1. The molecule has 0 radical (unpaired) electrons. The Balaban J connectivity index is 1.96. The minimum absolute atomic E-state index is 0.0381. The van der Waals surface area contributed by atoms with Gasteiger partial charge in [0, 0.05) is 29.5 Å². The van der Waals surface area contributed by atoms with E-state index in [0.717, 1.165) is 0 Å². The molecule has 0 bridgehead atoms. The maximum Gasteiger partial charge on any atom is 0.269 e. The van der Waals surface area contributed by atoms with E-state index in [1.165, 1.54) is 36.4 Å². The number of non-ortho nitro benzene ring substituents is 1. The van der Waals surface area contributed by atoms with Crippen molar-refractivity contribution in [3.8, 4) is 11.4 Å². The van der Waals surface area contributed by atoms with Crippen LogP contribution in [-0.2, 0) is 11.2 Å². The molecule has 8 nitrogen and oxygen atoms in total. The Morgan fingerprint density at radius 3 is 2.38 bits per heavy atom. The maximum atomic E-state index is 13.2. The van der Waals surface area contributed by atoms with E-state index in [9.17, 15) is 19.3 Å². The first kappa shape index (κ1) is 19.9. The standard InChI is InChI=1S/C20H18FN5O3/c1-2-15-11-17(24-18(19(22)27)12-3-7-14(21)8-4-12)25-20(23-15)13-5-9-16(10-6-13)26(28)29/h3-11,18H,2H2,1H3,(H2,22,27)(H,23,24,25). The largest absolute Gasteiger partial charge is 0.368 e. The average Bonchev–Trinajstić information content (AvgIpc) is 2.72. The van der Waals surface area contributed by atoms with Crippen LogP contribution >= 0.6 is 0 Å². The van der Waals surface area contributed by atoms with Gasteiger partial charge in [-0.2, -0.15) is 0 Å². The number of rotatable bonds is 7. The zero-order chi connectivity index (χ0) is 21.0. The molecule has 3 N–H and O–H groups in total. The number of amides is 1. The fourth-order valence-corrected chi connectivity index (χ4v) is 2.74. The van der Waals surface area contributed by atoms with E-state index >= 15 is 0 Å². The van der Waals surface area contributed by atoms with Crippen molar-refractivity contribution in [1.82, 2.24) is 9.97 Å². The topological polar surface area (TPSA) is 124 Å². The van der Waals surface area contributed by atoms with Gasteiger partial charge in [0.1, 0.15) is 17.7 Å². The number of halogens is 1. The Bertz CT molecular complexity index is 1040. The molecule has 0 saturated carbocycles. The lowest BCUT2D eigenvalue weighted by molar-refractivity contribution is -0.384. The van der Waals surface area contributed by atoms with E-state index in [2.05, 4.69) is 15.3 Å². The van der Waals surface area contributed by atoms with Crippen LogP contribution in [0.5, 0.6) is 0 Å². The number of primary amides is 1. The molecule has 0 saturated heterocycles. The number of benzene rings is 2. The molecule has 3 rings (SSSR count). The summed E-state index contributed by atoms with van der Waals surface area (Å²) in [5.41, 5.74) is 7.27. The molecule has 0 aliphatic heterocycles. The van der Waals surface area contributed by atoms with Crippen molar-refractivity contribution in [3.05, 3.63) is 81.8 Å². The summed E-state index contributed by atoms with van der Waals surface area (Å²) in [4.78, 5) is 31.2. The van der Waals surface area contributed by atoms with Gasteiger partial charge in [0.15, 0.2) is 5.82 Å². The van der Waals surface area contributed by atoms with Gasteiger partial charge in [0.2, 0.25) is 5.91 Å². The van der Waals surface area contributed by atoms with Crippen LogP contribution in [0.15, 0.2) is 54.6 Å². The average molecular weight is 395 g/mol. The SMILES string of the molecule is CCc1cc(NC(C(N)=O)c2ccc(F)cc2)nc(-c2ccc([N+](=O)[O-])cc2)n1. The van der Waals surface area contributed by atoms with Gasteiger partial charge in [-0.1, -0.05) is 19.1 Å². The van der Waals surface area contributed by atoms with Gasteiger partial charge >= 0.3 is 0 Å². The van der Waals surface area contributed by atoms with Crippen LogP contribution in [0.25, 0.3) is 11.4 Å². The molecular weight excluding hydrogens is 377 g/mol. The van der Waals surface area contributed by atoms with Gasteiger partial charge < -0.3 is 11.1 Å². The highest BCUT2D eigenvalue weighted by atomic mass is 19.1. The number of hydrogen-bond donors (Lipinski definition) is 2. The Morgan fingerprint density at radius 2 is 1.83 bits per heavy atom. The molecule has 0 aliphatic rings. The van der Waals surface area contributed by atoms with Crippen LogP contribution < -0.4 is 11.1 Å². The second-order valence-corrected chi connectivity index (χ2v) is 6.26. The third kappa shape index (κ3) is 4.70. The highest BCUT2D eigenvalue weighted by Crippen LogP contribution is 2.24. The fourth-order valence-electron chi connectivity index (χ4n) is 2.74. The summed E-state index contributed by atoms with van der Waals surface area (Å²) in [5, 5.41) is 13.8. The minimum Gasteiger partial charge on any atom is -0.368 e.